The first-order chi connectivity index (χ1) is 15.0. The van der Waals surface area contributed by atoms with Crippen LogP contribution in [0.3, 0.4) is 0 Å². The van der Waals surface area contributed by atoms with E-state index < -0.39 is 6.04 Å². The second kappa shape index (κ2) is 12.6. The van der Waals surface area contributed by atoms with Crippen LogP contribution in [0.4, 0.5) is 0 Å². The highest BCUT2D eigenvalue weighted by Gasteiger charge is 2.28. The van der Waals surface area contributed by atoms with Crippen LogP contribution in [0.5, 0.6) is 11.5 Å². The third-order valence-corrected chi connectivity index (χ3v) is 5.07. The van der Waals surface area contributed by atoms with Gasteiger partial charge in [0.1, 0.15) is 17.5 Å². The first kappa shape index (κ1) is 24.3. The zero-order valence-electron chi connectivity index (χ0n) is 19.0. The van der Waals surface area contributed by atoms with Gasteiger partial charge in [-0.3, -0.25) is 9.59 Å². The van der Waals surface area contributed by atoms with E-state index >= 15 is 0 Å². The SMILES string of the molecule is CCCCNC(=O)[C@H](CC)N(Cc1cccc(C)c1)C(=O)COc1ccc(OC)cc1. The monoisotopic (exact) mass is 426 g/mol. The van der Waals surface area contributed by atoms with Crippen molar-refractivity contribution in [3.63, 3.8) is 0 Å². The van der Waals surface area contributed by atoms with Crippen molar-refractivity contribution < 1.29 is 19.1 Å². The van der Waals surface area contributed by atoms with E-state index in [4.69, 9.17) is 9.47 Å². The Kier molecular flexibility index (Phi) is 9.88. The molecule has 0 aromatic heterocycles. The van der Waals surface area contributed by atoms with Gasteiger partial charge in [0.15, 0.2) is 6.61 Å². The Balaban J connectivity index is 2.15. The molecule has 0 aliphatic carbocycles. The van der Waals surface area contributed by atoms with Crippen LogP contribution < -0.4 is 14.8 Å². The van der Waals surface area contributed by atoms with Crippen LogP contribution >= 0.6 is 0 Å². The first-order valence-corrected chi connectivity index (χ1v) is 10.9. The van der Waals surface area contributed by atoms with Gasteiger partial charge < -0.3 is 19.7 Å². The summed E-state index contributed by atoms with van der Waals surface area (Å²) in [6.45, 7) is 6.83. The number of benzene rings is 2. The molecule has 0 heterocycles. The number of ether oxygens (including phenoxy) is 2. The number of carbonyl (C=O) groups excluding carboxylic acids is 2. The summed E-state index contributed by atoms with van der Waals surface area (Å²) in [4.78, 5) is 27.6. The van der Waals surface area contributed by atoms with E-state index in [9.17, 15) is 9.59 Å². The second-order valence-electron chi connectivity index (χ2n) is 7.54. The number of unbranched alkanes of at least 4 members (excludes halogenated alkanes) is 1. The van der Waals surface area contributed by atoms with Crippen LogP contribution in [0.15, 0.2) is 48.5 Å². The Morgan fingerprint density at radius 2 is 1.77 bits per heavy atom. The van der Waals surface area contributed by atoms with Gasteiger partial charge in [-0.2, -0.15) is 0 Å². The molecule has 0 spiro atoms. The molecule has 0 fully saturated rings. The Labute approximate surface area is 185 Å². The van der Waals surface area contributed by atoms with Gasteiger partial charge in [-0.25, -0.2) is 0 Å². The predicted octanol–water partition coefficient (Wildman–Crippen LogP) is 4.11. The van der Waals surface area contributed by atoms with Crippen molar-refractivity contribution in [3.8, 4) is 11.5 Å². The number of hydrogen-bond acceptors (Lipinski definition) is 4. The lowest BCUT2D eigenvalue weighted by Gasteiger charge is -2.30. The quantitative estimate of drug-likeness (QED) is 0.519. The minimum atomic E-state index is -0.552. The van der Waals surface area contributed by atoms with E-state index in [2.05, 4.69) is 12.2 Å². The maximum atomic E-state index is 13.2. The van der Waals surface area contributed by atoms with Crippen molar-refractivity contribution in [1.29, 1.82) is 0 Å². The summed E-state index contributed by atoms with van der Waals surface area (Å²) in [5.41, 5.74) is 2.09. The summed E-state index contributed by atoms with van der Waals surface area (Å²) in [7, 11) is 1.60. The van der Waals surface area contributed by atoms with E-state index in [1.165, 1.54) is 0 Å². The Hall–Kier alpha value is -3.02. The van der Waals surface area contributed by atoms with Crippen LogP contribution in [-0.4, -0.2) is 43.0 Å². The average Bonchev–Trinajstić information content (AvgIpc) is 2.78. The van der Waals surface area contributed by atoms with E-state index in [-0.39, 0.29) is 18.4 Å². The van der Waals surface area contributed by atoms with Gasteiger partial charge in [0.2, 0.25) is 5.91 Å². The Bertz CT molecular complexity index is 836. The number of nitrogens with one attached hydrogen (secondary N) is 1. The highest BCUT2D eigenvalue weighted by Crippen LogP contribution is 2.18. The number of aryl methyl sites for hydroxylation is 1. The van der Waals surface area contributed by atoms with Crippen LogP contribution in [-0.2, 0) is 16.1 Å². The molecule has 0 aliphatic rings. The molecular weight excluding hydrogens is 392 g/mol. The van der Waals surface area contributed by atoms with Crippen molar-refractivity contribution in [2.24, 2.45) is 0 Å². The molecule has 0 unspecified atom stereocenters. The third kappa shape index (κ3) is 7.63. The van der Waals surface area contributed by atoms with Crippen LogP contribution in [0.25, 0.3) is 0 Å². The molecule has 0 radical (unpaired) electrons. The molecule has 2 rings (SSSR count). The lowest BCUT2D eigenvalue weighted by molar-refractivity contribution is -0.143. The third-order valence-electron chi connectivity index (χ3n) is 5.07. The van der Waals surface area contributed by atoms with Crippen LogP contribution in [0.2, 0.25) is 0 Å². The van der Waals surface area contributed by atoms with Crippen molar-refractivity contribution in [3.05, 3.63) is 59.7 Å². The minimum Gasteiger partial charge on any atom is -0.497 e. The molecule has 0 saturated heterocycles. The molecule has 0 bridgehead atoms. The number of rotatable bonds is 12. The lowest BCUT2D eigenvalue weighted by atomic mass is 10.1. The number of nitrogens with zero attached hydrogens (tertiary/aromatic N) is 1. The predicted molar refractivity (Wildman–Crippen MR) is 122 cm³/mol. The van der Waals surface area contributed by atoms with E-state index in [1.807, 2.05) is 38.1 Å². The summed E-state index contributed by atoms with van der Waals surface area (Å²) in [5, 5.41) is 2.97. The van der Waals surface area contributed by atoms with Gasteiger partial charge in [-0.05, 0) is 49.6 Å². The molecule has 6 nitrogen and oxygen atoms in total. The fraction of sp³-hybridized carbons (Fsp3) is 0.440. The first-order valence-electron chi connectivity index (χ1n) is 10.9. The van der Waals surface area contributed by atoms with E-state index in [1.54, 1.807) is 36.3 Å². The Morgan fingerprint density at radius 3 is 2.39 bits per heavy atom. The maximum absolute atomic E-state index is 13.2. The van der Waals surface area contributed by atoms with Crippen LogP contribution in [0.1, 0.15) is 44.2 Å². The second-order valence-corrected chi connectivity index (χ2v) is 7.54. The molecule has 1 atom stereocenters. The van der Waals surface area contributed by atoms with Gasteiger partial charge in [-0.15, -0.1) is 0 Å². The van der Waals surface area contributed by atoms with Gasteiger partial charge >= 0.3 is 0 Å². The Morgan fingerprint density at radius 1 is 1.06 bits per heavy atom. The fourth-order valence-electron chi connectivity index (χ4n) is 3.33. The summed E-state index contributed by atoms with van der Waals surface area (Å²) in [6.07, 6.45) is 2.44. The molecule has 2 aromatic carbocycles. The van der Waals surface area contributed by atoms with Crippen molar-refractivity contribution >= 4 is 11.8 Å². The average molecular weight is 427 g/mol. The zero-order chi connectivity index (χ0) is 22.6. The van der Waals surface area contributed by atoms with Gasteiger partial charge in [0.25, 0.3) is 5.91 Å². The molecular formula is C25H34N2O4. The van der Waals surface area contributed by atoms with Gasteiger partial charge in [0.05, 0.1) is 7.11 Å². The van der Waals surface area contributed by atoms with Crippen LogP contribution in [0, 0.1) is 6.92 Å². The summed E-state index contributed by atoms with van der Waals surface area (Å²) >= 11 is 0. The number of hydrogen-bond donors (Lipinski definition) is 1. The largest absolute Gasteiger partial charge is 0.497 e. The van der Waals surface area contributed by atoms with Crippen molar-refractivity contribution in [2.45, 2.75) is 52.6 Å². The normalized spacial score (nSPS) is 11.5. The van der Waals surface area contributed by atoms with E-state index in [0.717, 1.165) is 29.7 Å². The molecule has 1 N–H and O–H groups in total. The van der Waals surface area contributed by atoms with Gasteiger partial charge in [-0.1, -0.05) is 50.1 Å². The molecule has 0 saturated carbocycles. The topological polar surface area (TPSA) is 67.9 Å². The number of methoxy groups -OCH3 is 1. The fourth-order valence-corrected chi connectivity index (χ4v) is 3.33. The molecule has 0 aliphatic heterocycles. The number of carbonyl (C=O) groups is 2. The molecule has 31 heavy (non-hydrogen) atoms. The molecule has 2 aromatic rings. The highest BCUT2D eigenvalue weighted by molar-refractivity contribution is 5.88. The zero-order valence-corrected chi connectivity index (χ0v) is 19.0. The van der Waals surface area contributed by atoms with Gasteiger partial charge in [0, 0.05) is 13.1 Å². The lowest BCUT2D eigenvalue weighted by Crippen LogP contribution is -2.50. The smallest absolute Gasteiger partial charge is 0.261 e. The van der Waals surface area contributed by atoms with E-state index in [0.29, 0.717) is 25.3 Å². The maximum Gasteiger partial charge on any atom is 0.261 e. The minimum absolute atomic E-state index is 0.124. The number of amides is 2. The summed E-state index contributed by atoms with van der Waals surface area (Å²) < 4.78 is 10.9. The summed E-state index contributed by atoms with van der Waals surface area (Å²) in [6, 6.07) is 14.5. The molecule has 6 heteroatoms. The molecule has 168 valence electrons. The standard InChI is InChI=1S/C25H34N2O4/c1-5-7-15-26-25(29)23(6-2)27(17-20-10-8-9-19(3)16-20)24(28)18-31-22-13-11-21(30-4)12-14-22/h8-14,16,23H,5-7,15,17-18H2,1-4H3,(H,26,29)/t23-/m0/s1. The highest BCUT2D eigenvalue weighted by atomic mass is 16.5. The summed E-state index contributed by atoms with van der Waals surface area (Å²) in [5.74, 6) is 0.941. The van der Waals surface area contributed by atoms with Crippen molar-refractivity contribution in [1.82, 2.24) is 10.2 Å². The van der Waals surface area contributed by atoms with Crippen molar-refractivity contribution in [2.75, 3.05) is 20.3 Å². The molecule has 2 amide bonds.